The summed E-state index contributed by atoms with van der Waals surface area (Å²) in [7, 11) is 0. The molecular formula is C23H18FN9O2. The first kappa shape index (κ1) is 21.9. The molecule has 0 aliphatic rings. The number of tetrazole rings is 1. The minimum atomic E-state index is -1.06. The van der Waals surface area contributed by atoms with Gasteiger partial charge in [0.25, 0.3) is 0 Å². The van der Waals surface area contributed by atoms with Gasteiger partial charge >= 0.3 is 0 Å². The van der Waals surface area contributed by atoms with Crippen molar-refractivity contribution in [2.45, 2.75) is 19.6 Å². The van der Waals surface area contributed by atoms with Gasteiger partial charge in [0.05, 0.1) is 18.4 Å². The van der Waals surface area contributed by atoms with E-state index in [2.05, 4.69) is 25.5 Å². The molecule has 1 atom stereocenters. The van der Waals surface area contributed by atoms with Crippen molar-refractivity contribution in [1.82, 2.24) is 39.8 Å². The molecule has 1 aromatic carbocycles. The molecule has 0 aliphatic heterocycles. The number of hydrogen-bond acceptors (Lipinski definition) is 9. The first-order valence-electron chi connectivity index (χ1n) is 10.6. The Morgan fingerprint density at radius 1 is 1.17 bits per heavy atom. The van der Waals surface area contributed by atoms with Gasteiger partial charge in [-0.2, -0.15) is 10.4 Å². The molecule has 0 saturated carbocycles. The molecule has 4 aromatic heterocycles. The lowest BCUT2D eigenvalue weighted by atomic mass is 10.1. The highest BCUT2D eigenvalue weighted by Gasteiger charge is 2.18. The van der Waals surface area contributed by atoms with Crippen LogP contribution >= 0.6 is 0 Å². The highest BCUT2D eigenvalue weighted by atomic mass is 19.1. The summed E-state index contributed by atoms with van der Waals surface area (Å²) in [4.78, 5) is 8.67. The van der Waals surface area contributed by atoms with Crippen LogP contribution in [0.2, 0.25) is 0 Å². The second kappa shape index (κ2) is 9.52. The molecule has 0 saturated heterocycles. The highest BCUT2D eigenvalue weighted by molar-refractivity contribution is 5.70. The number of benzene rings is 1. The van der Waals surface area contributed by atoms with Crippen molar-refractivity contribution in [2.75, 3.05) is 6.86 Å². The van der Waals surface area contributed by atoms with E-state index < -0.39 is 6.86 Å². The van der Waals surface area contributed by atoms with Crippen molar-refractivity contribution in [1.29, 1.82) is 5.26 Å². The maximum atomic E-state index is 12.8. The molecular weight excluding hydrogens is 453 g/mol. The van der Waals surface area contributed by atoms with Crippen LogP contribution < -0.4 is 9.47 Å². The van der Waals surface area contributed by atoms with Gasteiger partial charge in [0.1, 0.15) is 47.0 Å². The summed E-state index contributed by atoms with van der Waals surface area (Å²) in [5.41, 5.74) is 2.92. The van der Waals surface area contributed by atoms with Crippen LogP contribution in [0.3, 0.4) is 0 Å². The van der Waals surface area contributed by atoms with Gasteiger partial charge in [-0.15, -0.1) is 5.10 Å². The van der Waals surface area contributed by atoms with Crippen LogP contribution in [-0.2, 0) is 6.54 Å². The SMILES string of the molecule is CC(Cn1cnnn1)Oc1cccc(-c2ccc3ncc(-c4nccc(OCF)c4C#N)n3n2)c1. The lowest BCUT2D eigenvalue weighted by Gasteiger charge is -2.15. The largest absolute Gasteiger partial charge is 0.489 e. The second-order valence-electron chi connectivity index (χ2n) is 7.52. The van der Waals surface area contributed by atoms with E-state index in [-0.39, 0.29) is 17.4 Å². The Bertz CT molecular complexity index is 1510. The number of nitriles is 1. The fraction of sp³-hybridized carbons (Fsp3) is 0.174. The third-order valence-corrected chi connectivity index (χ3v) is 5.14. The van der Waals surface area contributed by atoms with Gasteiger partial charge in [-0.3, -0.25) is 4.98 Å². The number of hydrogen-bond donors (Lipinski definition) is 0. The van der Waals surface area contributed by atoms with E-state index in [1.54, 1.807) is 15.4 Å². The fourth-order valence-electron chi connectivity index (χ4n) is 3.64. The van der Waals surface area contributed by atoms with E-state index in [1.165, 1.54) is 18.6 Å². The Labute approximate surface area is 198 Å². The predicted molar refractivity (Wildman–Crippen MR) is 121 cm³/mol. The number of ether oxygens (including phenoxy) is 2. The maximum Gasteiger partial charge on any atom is 0.228 e. The lowest BCUT2D eigenvalue weighted by Crippen LogP contribution is -2.20. The molecule has 11 nitrogen and oxygen atoms in total. The Morgan fingerprint density at radius 3 is 2.89 bits per heavy atom. The smallest absolute Gasteiger partial charge is 0.228 e. The number of alkyl halides is 1. The van der Waals surface area contributed by atoms with Crippen LogP contribution in [0.4, 0.5) is 4.39 Å². The molecule has 0 N–H and O–H groups in total. The Morgan fingerprint density at radius 2 is 2.09 bits per heavy atom. The number of halogens is 1. The zero-order valence-electron chi connectivity index (χ0n) is 18.5. The molecule has 1 unspecified atom stereocenters. The molecule has 4 heterocycles. The van der Waals surface area contributed by atoms with E-state index in [1.807, 2.05) is 49.4 Å². The summed E-state index contributed by atoms with van der Waals surface area (Å²) in [6, 6.07) is 14.7. The first-order valence-corrected chi connectivity index (χ1v) is 10.6. The third kappa shape index (κ3) is 4.47. The van der Waals surface area contributed by atoms with E-state index >= 15 is 0 Å². The first-order chi connectivity index (χ1) is 17.2. The zero-order chi connectivity index (χ0) is 24.2. The minimum absolute atomic E-state index is 0.103. The number of imidazole rings is 1. The number of rotatable bonds is 8. The predicted octanol–water partition coefficient (Wildman–Crippen LogP) is 3.09. The van der Waals surface area contributed by atoms with Crippen molar-refractivity contribution in [2.24, 2.45) is 0 Å². The van der Waals surface area contributed by atoms with Gasteiger partial charge in [-0.05, 0) is 41.6 Å². The molecule has 5 aromatic rings. The van der Waals surface area contributed by atoms with Crippen molar-refractivity contribution < 1.29 is 13.9 Å². The van der Waals surface area contributed by atoms with Crippen LogP contribution in [0.5, 0.6) is 11.5 Å². The van der Waals surface area contributed by atoms with Crippen molar-refractivity contribution in [3.63, 3.8) is 0 Å². The molecule has 35 heavy (non-hydrogen) atoms. The van der Waals surface area contributed by atoms with Crippen LogP contribution in [0.1, 0.15) is 12.5 Å². The summed E-state index contributed by atoms with van der Waals surface area (Å²) >= 11 is 0. The zero-order valence-corrected chi connectivity index (χ0v) is 18.5. The average Bonchev–Trinajstić information content (AvgIpc) is 3.53. The summed E-state index contributed by atoms with van der Waals surface area (Å²) in [5, 5.41) is 25.5. The quantitative estimate of drug-likeness (QED) is 0.335. The lowest BCUT2D eigenvalue weighted by molar-refractivity contribution is 0.191. The molecule has 0 aliphatic carbocycles. The van der Waals surface area contributed by atoms with Gasteiger partial charge < -0.3 is 9.47 Å². The van der Waals surface area contributed by atoms with E-state index in [4.69, 9.17) is 14.6 Å². The normalized spacial score (nSPS) is 11.8. The third-order valence-electron chi connectivity index (χ3n) is 5.14. The second-order valence-corrected chi connectivity index (χ2v) is 7.52. The van der Waals surface area contributed by atoms with Crippen molar-refractivity contribution >= 4 is 5.65 Å². The Hall–Kier alpha value is -4.92. The van der Waals surface area contributed by atoms with Crippen molar-refractivity contribution in [3.05, 3.63) is 66.7 Å². The number of nitrogens with zero attached hydrogens (tertiary/aromatic N) is 9. The summed E-state index contributed by atoms with van der Waals surface area (Å²) in [6.07, 6.45) is 4.37. The van der Waals surface area contributed by atoms with Crippen LogP contribution in [-0.4, -0.2) is 52.8 Å². The standard InChI is InChI=1S/C23H18FN9O2/c1-15(12-32-14-28-30-31-32)35-17-4-2-3-16(9-17)19-5-6-22-27-11-20(33(22)29-19)23-18(10-25)21(34-13-24)7-8-26-23/h2-9,11,14-15H,12-13H2,1H3. The molecule has 12 heteroatoms. The Kier molecular flexibility index (Phi) is 5.96. The molecule has 0 radical (unpaired) electrons. The summed E-state index contributed by atoms with van der Waals surface area (Å²) < 4.78 is 26.9. The van der Waals surface area contributed by atoms with E-state index in [0.717, 1.165) is 5.56 Å². The molecule has 5 rings (SSSR count). The maximum absolute atomic E-state index is 12.8. The van der Waals surface area contributed by atoms with Crippen LogP contribution in [0.25, 0.3) is 28.3 Å². The number of fused-ring (bicyclic) bond motifs is 1. The highest BCUT2D eigenvalue weighted by Crippen LogP contribution is 2.29. The van der Waals surface area contributed by atoms with Gasteiger partial charge in [-0.25, -0.2) is 18.6 Å². The van der Waals surface area contributed by atoms with E-state index in [0.29, 0.717) is 35.0 Å². The van der Waals surface area contributed by atoms with Gasteiger partial charge in [0.2, 0.25) is 6.86 Å². The van der Waals surface area contributed by atoms with Crippen LogP contribution in [0.15, 0.2) is 61.2 Å². The summed E-state index contributed by atoms with van der Waals surface area (Å²) in [6.45, 7) is 1.37. The summed E-state index contributed by atoms with van der Waals surface area (Å²) in [5.74, 6) is 0.770. The molecule has 0 fully saturated rings. The topological polar surface area (TPSA) is 129 Å². The fourth-order valence-corrected chi connectivity index (χ4v) is 3.64. The van der Waals surface area contributed by atoms with Gasteiger partial charge in [0.15, 0.2) is 5.65 Å². The van der Waals surface area contributed by atoms with Crippen molar-refractivity contribution in [3.8, 4) is 40.2 Å². The molecule has 174 valence electrons. The van der Waals surface area contributed by atoms with E-state index in [9.17, 15) is 9.65 Å². The van der Waals surface area contributed by atoms with Gasteiger partial charge in [0, 0.05) is 17.8 Å². The molecule has 0 amide bonds. The van der Waals surface area contributed by atoms with Gasteiger partial charge in [-0.1, -0.05) is 12.1 Å². The van der Waals surface area contributed by atoms with Crippen LogP contribution in [0, 0.1) is 11.3 Å². The minimum Gasteiger partial charge on any atom is -0.489 e. The molecule has 0 bridgehead atoms. The Balaban J connectivity index is 1.48. The number of pyridine rings is 1. The monoisotopic (exact) mass is 471 g/mol. The average molecular weight is 471 g/mol. The number of aromatic nitrogens is 8. The molecule has 0 spiro atoms.